The molecule has 1 aliphatic carbocycles. The number of hydrogen-bond acceptors (Lipinski definition) is 3. The number of carbonyl (C=O) groups excluding carboxylic acids is 2. The molecule has 1 heterocycles. The van der Waals surface area contributed by atoms with Gasteiger partial charge in [0.1, 0.15) is 5.76 Å². The highest BCUT2D eigenvalue weighted by atomic mass is 79.9. The molecule has 20 heavy (non-hydrogen) atoms. The second kappa shape index (κ2) is 6.74. The largest absolute Gasteiger partial charge is 0.450 e. The Balaban J connectivity index is 2.05. The van der Waals surface area contributed by atoms with Crippen molar-refractivity contribution in [1.29, 1.82) is 0 Å². The monoisotopic (exact) mass is 340 g/mol. The van der Waals surface area contributed by atoms with Crippen molar-refractivity contribution in [2.24, 2.45) is 5.73 Å². The number of nitrogens with two attached hydrogens (primary N) is 1. The van der Waals surface area contributed by atoms with E-state index in [1.54, 1.807) is 23.1 Å². The van der Waals surface area contributed by atoms with Crippen molar-refractivity contribution in [3.05, 3.63) is 28.6 Å². The van der Waals surface area contributed by atoms with E-state index in [2.05, 4.69) is 15.9 Å². The molecule has 1 aliphatic rings. The Labute approximate surface area is 125 Å². The Hall–Kier alpha value is -1.56. The molecule has 5 nitrogen and oxygen atoms in total. The third-order valence-corrected chi connectivity index (χ3v) is 3.79. The maximum atomic E-state index is 12.2. The van der Waals surface area contributed by atoms with Gasteiger partial charge in [0, 0.05) is 12.1 Å². The summed E-state index contributed by atoms with van der Waals surface area (Å²) in [6.07, 6.45) is 7.05. The Kier molecular flexibility index (Phi) is 5.00. The number of primary amides is 1. The van der Waals surface area contributed by atoms with Crippen molar-refractivity contribution in [3.63, 3.8) is 0 Å². The second-order valence-corrected chi connectivity index (χ2v) is 5.63. The maximum absolute atomic E-state index is 12.2. The minimum absolute atomic E-state index is 0.0321. The van der Waals surface area contributed by atoms with Gasteiger partial charge >= 0.3 is 0 Å². The highest BCUT2D eigenvalue weighted by Gasteiger charge is 2.26. The number of amides is 2. The summed E-state index contributed by atoms with van der Waals surface area (Å²) in [4.78, 5) is 24.9. The van der Waals surface area contributed by atoms with E-state index in [1.807, 2.05) is 0 Å². The highest BCUT2D eigenvalue weighted by Crippen LogP contribution is 2.24. The molecule has 2 N–H and O–H groups in total. The van der Waals surface area contributed by atoms with Gasteiger partial charge < -0.3 is 15.1 Å². The van der Waals surface area contributed by atoms with E-state index in [9.17, 15) is 9.59 Å². The van der Waals surface area contributed by atoms with Crippen LogP contribution >= 0.6 is 15.9 Å². The number of nitrogens with zero attached hydrogens (tertiary/aromatic N) is 1. The zero-order valence-corrected chi connectivity index (χ0v) is 12.6. The van der Waals surface area contributed by atoms with Gasteiger partial charge in [-0.3, -0.25) is 9.59 Å². The SMILES string of the molecule is NC(=O)CN(C(=O)/C=C/c1ccc(Br)o1)C1CCCC1. The first-order valence-electron chi connectivity index (χ1n) is 6.58. The van der Waals surface area contributed by atoms with Crippen LogP contribution in [-0.2, 0) is 9.59 Å². The zero-order chi connectivity index (χ0) is 14.5. The number of rotatable bonds is 5. The molecule has 0 aliphatic heterocycles. The summed E-state index contributed by atoms with van der Waals surface area (Å²) in [6.45, 7) is -0.0321. The first-order chi connectivity index (χ1) is 9.56. The fourth-order valence-electron chi connectivity index (χ4n) is 2.44. The number of hydrogen-bond donors (Lipinski definition) is 1. The molecule has 0 unspecified atom stereocenters. The lowest BCUT2D eigenvalue weighted by atomic mass is 10.2. The third kappa shape index (κ3) is 3.96. The molecule has 0 atom stereocenters. The summed E-state index contributed by atoms with van der Waals surface area (Å²) in [6, 6.07) is 3.62. The van der Waals surface area contributed by atoms with E-state index in [4.69, 9.17) is 10.2 Å². The maximum Gasteiger partial charge on any atom is 0.247 e. The first-order valence-corrected chi connectivity index (χ1v) is 7.38. The van der Waals surface area contributed by atoms with Gasteiger partial charge in [0.05, 0.1) is 6.54 Å². The van der Waals surface area contributed by atoms with Crippen LogP contribution in [0.15, 0.2) is 27.3 Å². The molecule has 2 amide bonds. The minimum atomic E-state index is -0.487. The van der Waals surface area contributed by atoms with E-state index in [1.165, 1.54) is 6.08 Å². The zero-order valence-electron chi connectivity index (χ0n) is 11.0. The van der Waals surface area contributed by atoms with Gasteiger partial charge in [0.25, 0.3) is 0 Å². The van der Waals surface area contributed by atoms with E-state index >= 15 is 0 Å². The van der Waals surface area contributed by atoms with Crippen LogP contribution in [-0.4, -0.2) is 29.3 Å². The standard InChI is InChI=1S/C14H17BrN2O3/c15-12-7-5-11(20-12)6-8-14(19)17(9-13(16)18)10-3-1-2-4-10/h5-8,10H,1-4,9H2,(H2,16,18)/b8-6+. The number of furan rings is 1. The van der Waals surface area contributed by atoms with E-state index in [0.29, 0.717) is 10.4 Å². The van der Waals surface area contributed by atoms with Crippen LogP contribution in [0.5, 0.6) is 0 Å². The molecule has 0 bridgehead atoms. The van der Waals surface area contributed by atoms with Gasteiger partial charge in [-0.2, -0.15) is 0 Å². The molecule has 6 heteroatoms. The molecule has 0 spiro atoms. The van der Waals surface area contributed by atoms with Crippen molar-refractivity contribution in [2.75, 3.05) is 6.54 Å². The lowest BCUT2D eigenvalue weighted by molar-refractivity contribution is -0.133. The van der Waals surface area contributed by atoms with Crippen LogP contribution in [0.2, 0.25) is 0 Å². The van der Waals surface area contributed by atoms with Crippen LogP contribution in [0, 0.1) is 0 Å². The quantitative estimate of drug-likeness (QED) is 0.835. The summed E-state index contributed by atoms with van der Waals surface area (Å²) < 4.78 is 5.89. The summed E-state index contributed by atoms with van der Waals surface area (Å²) in [5, 5.41) is 0. The first kappa shape index (κ1) is 14.8. The summed E-state index contributed by atoms with van der Waals surface area (Å²) in [5.41, 5.74) is 5.23. The van der Waals surface area contributed by atoms with Crippen LogP contribution in [0.3, 0.4) is 0 Å². The molecule has 2 rings (SSSR count). The molecule has 1 aromatic rings. The van der Waals surface area contributed by atoms with Crippen molar-refractivity contribution >= 4 is 33.8 Å². The van der Waals surface area contributed by atoms with Crippen LogP contribution in [0.1, 0.15) is 31.4 Å². The Morgan fingerprint density at radius 3 is 2.65 bits per heavy atom. The molecule has 0 radical (unpaired) electrons. The smallest absolute Gasteiger partial charge is 0.247 e. The van der Waals surface area contributed by atoms with Crippen molar-refractivity contribution < 1.29 is 14.0 Å². The van der Waals surface area contributed by atoms with Gasteiger partial charge in [0.15, 0.2) is 4.67 Å². The fraction of sp³-hybridized carbons (Fsp3) is 0.429. The lowest BCUT2D eigenvalue weighted by Gasteiger charge is -2.26. The molecule has 0 saturated heterocycles. The number of carbonyl (C=O) groups is 2. The predicted octanol–water partition coefficient (Wildman–Crippen LogP) is 2.31. The van der Waals surface area contributed by atoms with Gasteiger partial charge in [-0.05, 0) is 47.0 Å². The topological polar surface area (TPSA) is 76.5 Å². The van der Waals surface area contributed by atoms with Crippen molar-refractivity contribution in [1.82, 2.24) is 4.90 Å². The van der Waals surface area contributed by atoms with Gasteiger partial charge in [-0.25, -0.2) is 0 Å². The van der Waals surface area contributed by atoms with Gasteiger partial charge in [-0.15, -0.1) is 0 Å². The molecule has 1 saturated carbocycles. The average Bonchev–Trinajstić information content (AvgIpc) is 3.04. The normalized spacial score (nSPS) is 15.8. The van der Waals surface area contributed by atoms with Crippen LogP contribution < -0.4 is 5.73 Å². The van der Waals surface area contributed by atoms with Crippen molar-refractivity contribution in [2.45, 2.75) is 31.7 Å². The molecule has 1 fully saturated rings. The van der Waals surface area contributed by atoms with Gasteiger partial charge in [0.2, 0.25) is 11.8 Å². The fourth-order valence-corrected chi connectivity index (χ4v) is 2.76. The molecule has 0 aromatic carbocycles. The summed E-state index contributed by atoms with van der Waals surface area (Å²) in [5.74, 6) is -0.113. The predicted molar refractivity (Wildman–Crippen MR) is 78.6 cm³/mol. The Bertz CT molecular complexity index is 518. The second-order valence-electron chi connectivity index (χ2n) is 4.85. The highest BCUT2D eigenvalue weighted by molar-refractivity contribution is 9.10. The van der Waals surface area contributed by atoms with Crippen LogP contribution in [0.4, 0.5) is 0 Å². The summed E-state index contributed by atoms with van der Waals surface area (Å²) >= 11 is 3.20. The Morgan fingerprint density at radius 1 is 1.40 bits per heavy atom. The third-order valence-electron chi connectivity index (χ3n) is 3.36. The minimum Gasteiger partial charge on any atom is -0.450 e. The molecular formula is C14H17BrN2O3. The molecular weight excluding hydrogens is 324 g/mol. The molecule has 108 valence electrons. The molecule has 1 aromatic heterocycles. The van der Waals surface area contributed by atoms with E-state index in [-0.39, 0.29) is 18.5 Å². The lowest BCUT2D eigenvalue weighted by Crippen LogP contribution is -2.43. The van der Waals surface area contributed by atoms with E-state index in [0.717, 1.165) is 25.7 Å². The van der Waals surface area contributed by atoms with Crippen LogP contribution in [0.25, 0.3) is 6.08 Å². The van der Waals surface area contributed by atoms with E-state index < -0.39 is 5.91 Å². The average molecular weight is 341 g/mol. The summed E-state index contributed by atoms with van der Waals surface area (Å²) in [7, 11) is 0. The van der Waals surface area contributed by atoms with Crippen molar-refractivity contribution in [3.8, 4) is 0 Å². The number of halogens is 1. The van der Waals surface area contributed by atoms with Gasteiger partial charge in [-0.1, -0.05) is 12.8 Å². The Morgan fingerprint density at radius 2 is 2.10 bits per heavy atom.